The number of hydrogen-bond donors (Lipinski definition) is 2. The van der Waals surface area contributed by atoms with Gasteiger partial charge < -0.3 is 20.4 Å². The molecule has 3 rings (SSSR count). The van der Waals surface area contributed by atoms with E-state index in [0.717, 1.165) is 84.2 Å². The van der Waals surface area contributed by atoms with Crippen molar-refractivity contribution in [3.8, 4) is 0 Å². The molecule has 0 spiro atoms. The first-order valence-electron chi connectivity index (χ1n) is 12.0. The van der Waals surface area contributed by atoms with Crippen molar-refractivity contribution >= 4 is 35.8 Å². The molecule has 2 N–H and O–H groups in total. The molecular formula is C24H41IN6O. The van der Waals surface area contributed by atoms with Crippen LogP contribution in [0.5, 0.6) is 0 Å². The molecule has 0 atom stereocenters. The average molecular weight is 557 g/mol. The van der Waals surface area contributed by atoms with Crippen molar-refractivity contribution < 1.29 is 4.79 Å². The monoisotopic (exact) mass is 556 g/mol. The number of carbonyl (C=O) groups is 1. The van der Waals surface area contributed by atoms with Crippen molar-refractivity contribution in [3.63, 3.8) is 0 Å². The number of likely N-dealkylation sites (N-methyl/N-ethyl adjacent to an activating group) is 1. The van der Waals surface area contributed by atoms with Crippen LogP contribution < -0.4 is 10.6 Å². The van der Waals surface area contributed by atoms with E-state index in [1.54, 1.807) is 0 Å². The molecule has 2 saturated heterocycles. The molecule has 1 amide bonds. The van der Waals surface area contributed by atoms with E-state index in [-0.39, 0.29) is 24.0 Å². The van der Waals surface area contributed by atoms with Crippen LogP contribution in [0.1, 0.15) is 44.2 Å². The molecule has 2 heterocycles. The Kier molecular flexibility index (Phi) is 12.3. The molecule has 0 saturated carbocycles. The molecule has 0 unspecified atom stereocenters. The highest BCUT2D eigenvalue weighted by molar-refractivity contribution is 14.0. The van der Waals surface area contributed by atoms with Gasteiger partial charge in [-0.3, -0.25) is 9.69 Å². The summed E-state index contributed by atoms with van der Waals surface area (Å²) in [5.41, 5.74) is 2.67. The van der Waals surface area contributed by atoms with Crippen LogP contribution in [0.3, 0.4) is 0 Å². The van der Waals surface area contributed by atoms with Crippen molar-refractivity contribution in [2.45, 2.75) is 46.2 Å². The van der Waals surface area contributed by atoms with Gasteiger partial charge in [-0.2, -0.15) is 0 Å². The smallest absolute Gasteiger partial charge is 0.222 e. The topological polar surface area (TPSA) is 63.2 Å². The first kappa shape index (κ1) is 26.9. The second-order valence-electron chi connectivity index (χ2n) is 8.44. The van der Waals surface area contributed by atoms with Crippen LogP contribution in [-0.2, 0) is 17.9 Å². The molecule has 2 aliphatic rings. The highest BCUT2D eigenvalue weighted by Crippen LogP contribution is 2.15. The molecule has 0 aliphatic carbocycles. The summed E-state index contributed by atoms with van der Waals surface area (Å²) < 4.78 is 0. The van der Waals surface area contributed by atoms with Gasteiger partial charge in [0.2, 0.25) is 5.91 Å². The predicted octanol–water partition coefficient (Wildman–Crippen LogP) is 2.51. The number of nitrogens with zero attached hydrogens (tertiary/aromatic N) is 4. The predicted molar refractivity (Wildman–Crippen MR) is 142 cm³/mol. The van der Waals surface area contributed by atoms with Crippen LogP contribution in [0.25, 0.3) is 0 Å². The highest BCUT2D eigenvalue weighted by atomic mass is 127. The van der Waals surface area contributed by atoms with Crippen molar-refractivity contribution in [1.29, 1.82) is 0 Å². The van der Waals surface area contributed by atoms with Gasteiger partial charge in [-0.05, 0) is 37.4 Å². The van der Waals surface area contributed by atoms with Gasteiger partial charge in [-0.15, -0.1) is 24.0 Å². The van der Waals surface area contributed by atoms with Gasteiger partial charge in [0.1, 0.15) is 0 Å². The van der Waals surface area contributed by atoms with E-state index in [9.17, 15) is 4.79 Å². The Balaban J connectivity index is 0.00000363. The molecular weight excluding hydrogens is 515 g/mol. The van der Waals surface area contributed by atoms with E-state index < -0.39 is 0 Å². The maximum Gasteiger partial charge on any atom is 0.222 e. The standard InChI is InChI=1S/C24H40N6O.HI/c1-3-25-24(26-12-8-14-30-13-7-11-23(30)31)27-19-21-9-5-6-10-22(21)20-29-17-15-28(4-2)16-18-29;/h5-6,9-10H,3-4,7-8,11-20H2,1-2H3,(H2,25,26,27);1H. The van der Waals surface area contributed by atoms with E-state index in [1.165, 1.54) is 11.1 Å². The molecule has 1 aromatic rings. The largest absolute Gasteiger partial charge is 0.357 e. The van der Waals surface area contributed by atoms with Crippen LogP contribution in [0.2, 0.25) is 0 Å². The Morgan fingerprint density at radius 3 is 2.38 bits per heavy atom. The number of benzene rings is 1. The SMILES string of the molecule is CCNC(=NCc1ccccc1CN1CCN(CC)CC1)NCCCN1CCCC1=O.I. The molecule has 8 heteroatoms. The maximum absolute atomic E-state index is 11.7. The van der Waals surface area contributed by atoms with Gasteiger partial charge >= 0.3 is 0 Å². The summed E-state index contributed by atoms with van der Waals surface area (Å²) in [5.74, 6) is 1.15. The third kappa shape index (κ3) is 8.51. The van der Waals surface area contributed by atoms with E-state index in [4.69, 9.17) is 4.99 Å². The number of carbonyl (C=O) groups excluding carboxylic acids is 1. The zero-order valence-electron chi connectivity index (χ0n) is 19.8. The first-order chi connectivity index (χ1) is 15.2. The molecule has 0 bridgehead atoms. The summed E-state index contributed by atoms with van der Waals surface area (Å²) in [6.45, 7) is 15.1. The van der Waals surface area contributed by atoms with Gasteiger partial charge in [-0.1, -0.05) is 31.2 Å². The highest BCUT2D eigenvalue weighted by Gasteiger charge is 2.19. The Morgan fingerprint density at radius 2 is 1.72 bits per heavy atom. The second-order valence-corrected chi connectivity index (χ2v) is 8.44. The fourth-order valence-corrected chi connectivity index (χ4v) is 4.29. The van der Waals surface area contributed by atoms with Crippen LogP contribution >= 0.6 is 24.0 Å². The van der Waals surface area contributed by atoms with E-state index >= 15 is 0 Å². The minimum Gasteiger partial charge on any atom is -0.357 e. The summed E-state index contributed by atoms with van der Waals surface area (Å²) in [4.78, 5) is 23.6. The maximum atomic E-state index is 11.7. The number of likely N-dealkylation sites (tertiary alicyclic amines) is 1. The lowest BCUT2D eigenvalue weighted by Crippen LogP contribution is -2.45. The summed E-state index contributed by atoms with van der Waals surface area (Å²) in [6, 6.07) is 8.68. The Labute approximate surface area is 211 Å². The molecule has 180 valence electrons. The Bertz CT molecular complexity index is 720. The fourth-order valence-electron chi connectivity index (χ4n) is 4.29. The molecule has 7 nitrogen and oxygen atoms in total. The Morgan fingerprint density at radius 1 is 1.00 bits per heavy atom. The van der Waals surface area contributed by atoms with E-state index in [0.29, 0.717) is 18.9 Å². The average Bonchev–Trinajstić information content (AvgIpc) is 3.21. The lowest BCUT2D eigenvalue weighted by molar-refractivity contribution is -0.127. The number of hydrogen-bond acceptors (Lipinski definition) is 4. The molecule has 2 aliphatic heterocycles. The quantitative estimate of drug-likeness (QED) is 0.201. The van der Waals surface area contributed by atoms with Gasteiger partial charge in [-0.25, -0.2) is 4.99 Å². The normalized spacial score (nSPS) is 18.0. The number of guanidine groups is 1. The van der Waals surface area contributed by atoms with Crippen molar-refractivity contribution in [1.82, 2.24) is 25.3 Å². The van der Waals surface area contributed by atoms with Gasteiger partial charge in [0.05, 0.1) is 6.54 Å². The molecule has 32 heavy (non-hydrogen) atoms. The van der Waals surface area contributed by atoms with Crippen LogP contribution in [0.15, 0.2) is 29.3 Å². The van der Waals surface area contributed by atoms with Gasteiger partial charge in [0.25, 0.3) is 0 Å². The van der Waals surface area contributed by atoms with Crippen LogP contribution in [0, 0.1) is 0 Å². The summed E-state index contributed by atoms with van der Waals surface area (Å²) >= 11 is 0. The Hall–Kier alpha value is -1.39. The van der Waals surface area contributed by atoms with Crippen molar-refractivity contribution in [3.05, 3.63) is 35.4 Å². The zero-order chi connectivity index (χ0) is 21.9. The summed E-state index contributed by atoms with van der Waals surface area (Å²) in [7, 11) is 0. The molecule has 1 aromatic carbocycles. The van der Waals surface area contributed by atoms with E-state index in [2.05, 4.69) is 58.5 Å². The van der Waals surface area contributed by atoms with Gasteiger partial charge in [0, 0.05) is 65.3 Å². The number of amides is 1. The van der Waals surface area contributed by atoms with Crippen molar-refractivity contribution in [2.75, 3.05) is 58.9 Å². The number of nitrogens with one attached hydrogen (secondary N) is 2. The molecule has 0 radical (unpaired) electrons. The van der Waals surface area contributed by atoms with Crippen molar-refractivity contribution in [2.24, 2.45) is 4.99 Å². The number of halogens is 1. The fraction of sp³-hybridized carbons (Fsp3) is 0.667. The lowest BCUT2D eigenvalue weighted by atomic mass is 10.1. The van der Waals surface area contributed by atoms with Crippen LogP contribution in [0.4, 0.5) is 0 Å². The summed E-state index contributed by atoms with van der Waals surface area (Å²) in [6.07, 6.45) is 2.66. The minimum atomic E-state index is 0. The second kappa shape index (κ2) is 14.7. The minimum absolute atomic E-state index is 0. The third-order valence-corrected chi connectivity index (χ3v) is 6.24. The van der Waals surface area contributed by atoms with Crippen LogP contribution in [-0.4, -0.2) is 85.5 Å². The number of piperazine rings is 1. The molecule has 0 aromatic heterocycles. The first-order valence-corrected chi connectivity index (χ1v) is 12.0. The summed E-state index contributed by atoms with van der Waals surface area (Å²) in [5, 5.41) is 6.77. The lowest BCUT2D eigenvalue weighted by Gasteiger charge is -2.34. The van der Waals surface area contributed by atoms with Gasteiger partial charge in [0.15, 0.2) is 5.96 Å². The number of aliphatic imine (C=N–C) groups is 1. The third-order valence-electron chi connectivity index (χ3n) is 6.24. The number of rotatable bonds is 10. The van der Waals surface area contributed by atoms with E-state index in [1.807, 2.05) is 4.90 Å². The molecule has 2 fully saturated rings. The zero-order valence-corrected chi connectivity index (χ0v) is 22.1.